The number of halogens is 2. The van der Waals surface area contributed by atoms with Crippen molar-refractivity contribution >= 4 is 17.5 Å². The van der Waals surface area contributed by atoms with Crippen molar-refractivity contribution in [1.82, 2.24) is 4.90 Å². The van der Waals surface area contributed by atoms with E-state index in [9.17, 15) is 9.18 Å². The van der Waals surface area contributed by atoms with E-state index in [2.05, 4.69) is 0 Å². The van der Waals surface area contributed by atoms with Crippen molar-refractivity contribution in [3.05, 3.63) is 34.6 Å². The van der Waals surface area contributed by atoms with E-state index in [1.54, 1.807) is 4.90 Å². The lowest BCUT2D eigenvalue weighted by Gasteiger charge is -2.15. The van der Waals surface area contributed by atoms with Gasteiger partial charge in [-0.3, -0.25) is 4.79 Å². The molecule has 1 heterocycles. The summed E-state index contributed by atoms with van der Waals surface area (Å²) in [5.74, 6) is -0.598. The van der Waals surface area contributed by atoms with E-state index in [1.165, 1.54) is 18.2 Å². The Balaban J connectivity index is 2.24. The monoisotopic (exact) mass is 227 g/mol. The van der Waals surface area contributed by atoms with E-state index in [4.69, 9.17) is 11.6 Å². The summed E-state index contributed by atoms with van der Waals surface area (Å²) in [6, 6.07) is 3.93. The maximum Gasteiger partial charge on any atom is 0.254 e. The molecular weight excluding hydrogens is 217 g/mol. The average molecular weight is 228 g/mol. The van der Waals surface area contributed by atoms with Gasteiger partial charge in [0.2, 0.25) is 0 Å². The number of benzene rings is 1. The lowest BCUT2D eigenvalue weighted by Crippen LogP contribution is -2.27. The molecule has 1 aliphatic rings. The normalized spacial score (nSPS) is 15.7. The van der Waals surface area contributed by atoms with Gasteiger partial charge in [-0.05, 0) is 31.0 Å². The molecule has 1 saturated heterocycles. The van der Waals surface area contributed by atoms with Crippen molar-refractivity contribution in [2.45, 2.75) is 12.8 Å². The SMILES string of the molecule is O=C(c1cc(F)cc(Cl)c1)N1CCCC1. The van der Waals surface area contributed by atoms with Gasteiger partial charge < -0.3 is 4.90 Å². The van der Waals surface area contributed by atoms with Gasteiger partial charge in [-0.25, -0.2) is 4.39 Å². The highest BCUT2D eigenvalue weighted by Crippen LogP contribution is 2.18. The van der Waals surface area contributed by atoms with Crippen molar-refractivity contribution in [2.24, 2.45) is 0 Å². The molecule has 0 aromatic heterocycles. The molecule has 1 aromatic rings. The maximum absolute atomic E-state index is 13.0. The van der Waals surface area contributed by atoms with Crippen LogP contribution in [0.5, 0.6) is 0 Å². The molecular formula is C11H11ClFNO. The molecule has 0 spiro atoms. The second-order valence-corrected chi connectivity index (χ2v) is 4.09. The Morgan fingerprint density at radius 3 is 2.53 bits per heavy atom. The Labute approximate surface area is 92.6 Å². The summed E-state index contributed by atoms with van der Waals surface area (Å²) in [7, 11) is 0. The molecule has 4 heteroatoms. The summed E-state index contributed by atoms with van der Waals surface area (Å²) in [5.41, 5.74) is 0.335. The third-order valence-electron chi connectivity index (χ3n) is 2.50. The van der Waals surface area contributed by atoms with Crippen LogP contribution < -0.4 is 0 Å². The largest absolute Gasteiger partial charge is 0.339 e. The van der Waals surface area contributed by atoms with E-state index in [0.717, 1.165) is 25.9 Å². The smallest absolute Gasteiger partial charge is 0.254 e. The van der Waals surface area contributed by atoms with E-state index >= 15 is 0 Å². The van der Waals surface area contributed by atoms with E-state index in [-0.39, 0.29) is 10.9 Å². The Morgan fingerprint density at radius 1 is 1.27 bits per heavy atom. The second-order valence-electron chi connectivity index (χ2n) is 3.66. The van der Waals surface area contributed by atoms with Gasteiger partial charge in [0.1, 0.15) is 5.82 Å². The molecule has 0 bridgehead atoms. The zero-order valence-electron chi connectivity index (χ0n) is 8.17. The molecule has 1 fully saturated rings. The highest BCUT2D eigenvalue weighted by Gasteiger charge is 2.20. The molecule has 1 aliphatic heterocycles. The number of likely N-dealkylation sites (tertiary alicyclic amines) is 1. The van der Waals surface area contributed by atoms with Crippen LogP contribution in [-0.4, -0.2) is 23.9 Å². The van der Waals surface area contributed by atoms with Crippen molar-refractivity contribution in [2.75, 3.05) is 13.1 Å². The third kappa shape index (κ3) is 2.29. The summed E-state index contributed by atoms with van der Waals surface area (Å²) in [6.07, 6.45) is 2.05. The second kappa shape index (κ2) is 4.19. The zero-order valence-corrected chi connectivity index (χ0v) is 8.93. The van der Waals surface area contributed by atoms with Crippen LogP contribution in [0.15, 0.2) is 18.2 Å². The van der Waals surface area contributed by atoms with Gasteiger partial charge in [-0.1, -0.05) is 11.6 Å². The van der Waals surface area contributed by atoms with Gasteiger partial charge >= 0.3 is 0 Å². The highest BCUT2D eigenvalue weighted by atomic mass is 35.5. The molecule has 0 radical (unpaired) electrons. The first-order valence-electron chi connectivity index (χ1n) is 4.92. The number of hydrogen-bond acceptors (Lipinski definition) is 1. The van der Waals surface area contributed by atoms with Crippen LogP contribution in [0.25, 0.3) is 0 Å². The number of carbonyl (C=O) groups excluding carboxylic acids is 1. The molecule has 0 aliphatic carbocycles. The molecule has 0 saturated carbocycles. The maximum atomic E-state index is 13.0. The van der Waals surface area contributed by atoms with Crippen LogP contribution in [0.1, 0.15) is 23.2 Å². The van der Waals surface area contributed by atoms with E-state index in [0.29, 0.717) is 5.56 Å². The molecule has 2 nitrogen and oxygen atoms in total. The molecule has 1 aromatic carbocycles. The van der Waals surface area contributed by atoms with Crippen LogP contribution >= 0.6 is 11.6 Å². The minimum absolute atomic E-state index is 0.131. The fraction of sp³-hybridized carbons (Fsp3) is 0.364. The van der Waals surface area contributed by atoms with Crippen molar-refractivity contribution in [1.29, 1.82) is 0 Å². The third-order valence-corrected chi connectivity index (χ3v) is 2.72. The molecule has 15 heavy (non-hydrogen) atoms. The Morgan fingerprint density at radius 2 is 1.93 bits per heavy atom. The number of amides is 1. The number of hydrogen-bond donors (Lipinski definition) is 0. The fourth-order valence-corrected chi connectivity index (χ4v) is 2.00. The molecule has 0 N–H and O–H groups in total. The van der Waals surface area contributed by atoms with Crippen LogP contribution in [0.3, 0.4) is 0 Å². The molecule has 0 atom stereocenters. The van der Waals surface area contributed by atoms with Gasteiger partial charge in [0.25, 0.3) is 5.91 Å². The van der Waals surface area contributed by atoms with Crippen LogP contribution in [0, 0.1) is 5.82 Å². The van der Waals surface area contributed by atoms with Crippen molar-refractivity contribution < 1.29 is 9.18 Å². The first-order chi connectivity index (χ1) is 7.16. The first kappa shape index (κ1) is 10.4. The van der Waals surface area contributed by atoms with Crippen molar-refractivity contribution in [3.63, 3.8) is 0 Å². The van der Waals surface area contributed by atoms with Gasteiger partial charge in [0.15, 0.2) is 0 Å². The van der Waals surface area contributed by atoms with E-state index < -0.39 is 5.82 Å². The van der Waals surface area contributed by atoms with Gasteiger partial charge in [0.05, 0.1) is 0 Å². The van der Waals surface area contributed by atoms with Crippen molar-refractivity contribution in [3.8, 4) is 0 Å². The Kier molecular flexibility index (Phi) is 2.91. The molecule has 80 valence electrons. The van der Waals surface area contributed by atoms with Gasteiger partial charge in [-0.2, -0.15) is 0 Å². The summed E-state index contributed by atoms with van der Waals surface area (Å²) in [6.45, 7) is 1.51. The number of carbonyl (C=O) groups is 1. The summed E-state index contributed by atoms with van der Waals surface area (Å²) < 4.78 is 13.0. The van der Waals surface area contributed by atoms with Crippen LogP contribution in [0.2, 0.25) is 5.02 Å². The first-order valence-corrected chi connectivity index (χ1v) is 5.30. The average Bonchev–Trinajstić information content (AvgIpc) is 2.67. The summed E-state index contributed by atoms with van der Waals surface area (Å²) in [5, 5.41) is 0.262. The minimum atomic E-state index is -0.468. The number of rotatable bonds is 1. The van der Waals surface area contributed by atoms with Crippen LogP contribution in [-0.2, 0) is 0 Å². The zero-order chi connectivity index (χ0) is 10.8. The topological polar surface area (TPSA) is 20.3 Å². The lowest BCUT2D eigenvalue weighted by molar-refractivity contribution is 0.0792. The predicted octanol–water partition coefficient (Wildman–Crippen LogP) is 2.72. The molecule has 0 unspecified atom stereocenters. The molecule has 1 amide bonds. The van der Waals surface area contributed by atoms with Crippen LogP contribution in [0.4, 0.5) is 4.39 Å². The summed E-state index contributed by atoms with van der Waals surface area (Å²) in [4.78, 5) is 13.6. The Bertz CT molecular complexity index is 368. The van der Waals surface area contributed by atoms with Gasteiger partial charge in [-0.15, -0.1) is 0 Å². The molecule has 2 rings (SSSR count). The van der Waals surface area contributed by atoms with E-state index in [1.807, 2.05) is 0 Å². The minimum Gasteiger partial charge on any atom is -0.339 e. The standard InChI is InChI=1S/C11H11ClFNO/c12-9-5-8(6-10(13)7-9)11(15)14-3-1-2-4-14/h5-7H,1-4H2. The quantitative estimate of drug-likeness (QED) is 0.723. The lowest BCUT2D eigenvalue weighted by atomic mass is 10.2. The fourth-order valence-electron chi connectivity index (χ4n) is 1.78. The highest BCUT2D eigenvalue weighted by molar-refractivity contribution is 6.31. The number of nitrogens with zero attached hydrogens (tertiary/aromatic N) is 1. The van der Waals surface area contributed by atoms with Gasteiger partial charge in [0, 0.05) is 23.7 Å². The predicted molar refractivity (Wildman–Crippen MR) is 56.5 cm³/mol. The summed E-state index contributed by atoms with van der Waals surface area (Å²) >= 11 is 5.69. The Hall–Kier alpha value is -1.09.